The van der Waals surface area contributed by atoms with Crippen LogP contribution in [0.25, 0.3) is 11.1 Å². The van der Waals surface area contributed by atoms with Crippen LogP contribution < -0.4 is 0 Å². The zero-order valence-corrected chi connectivity index (χ0v) is 17.0. The number of carbonyl (C=O) groups is 1. The van der Waals surface area contributed by atoms with Crippen LogP contribution in [0.2, 0.25) is 5.02 Å². The third-order valence-corrected chi connectivity index (χ3v) is 4.98. The number of nitrogens with zero attached hydrogens (tertiary/aromatic N) is 2. The highest BCUT2D eigenvalue weighted by Gasteiger charge is 2.10. The van der Waals surface area contributed by atoms with Crippen molar-refractivity contribution in [3.63, 3.8) is 0 Å². The van der Waals surface area contributed by atoms with E-state index in [4.69, 9.17) is 11.6 Å². The second kappa shape index (κ2) is 8.47. The monoisotopic (exact) mass is 474 g/mol. The molecule has 1 heterocycles. The van der Waals surface area contributed by atoms with Crippen molar-refractivity contribution < 1.29 is 4.79 Å². The minimum absolute atomic E-state index is 0.0864. The molecule has 3 nitrogen and oxygen atoms in total. The molecule has 0 unspecified atom stereocenters. The van der Waals surface area contributed by atoms with Crippen molar-refractivity contribution in [2.75, 3.05) is 0 Å². The average molecular weight is 475 g/mol. The average Bonchev–Trinajstić information content (AvgIpc) is 3.08. The van der Waals surface area contributed by atoms with Crippen LogP contribution in [0.1, 0.15) is 28.5 Å². The first-order chi connectivity index (χ1) is 12.6. The summed E-state index contributed by atoms with van der Waals surface area (Å²) in [5.41, 5.74) is 4.61. The second-order valence-corrected chi connectivity index (χ2v) is 7.18. The van der Waals surface area contributed by atoms with Gasteiger partial charge in [-0.05, 0) is 41.8 Å². The number of hydrogen-bond acceptors (Lipinski definition) is 2. The molecule has 2 aromatic carbocycles. The molecule has 0 spiro atoms. The van der Waals surface area contributed by atoms with Crippen LogP contribution in [0.5, 0.6) is 0 Å². The maximum Gasteiger partial charge on any atom is 0.185 e. The van der Waals surface area contributed by atoms with Gasteiger partial charge in [0, 0.05) is 10.6 Å². The van der Waals surface area contributed by atoms with Gasteiger partial charge in [-0.2, -0.15) is 0 Å². The van der Waals surface area contributed by atoms with Crippen LogP contribution in [0.15, 0.2) is 79.3 Å². The predicted molar refractivity (Wildman–Crippen MR) is 115 cm³/mol. The number of rotatable bonds is 5. The number of ketones is 1. The lowest BCUT2D eigenvalue weighted by atomic mass is 9.97. The zero-order valence-electron chi connectivity index (χ0n) is 14.1. The molecule has 0 amide bonds. The number of hydrogen-bond donors (Lipinski definition) is 0. The minimum Gasteiger partial charge on any atom is -0.289 e. The van der Waals surface area contributed by atoms with Gasteiger partial charge in [0.15, 0.2) is 5.78 Å². The van der Waals surface area contributed by atoms with Gasteiger partial charge in [-0.15, -0.1) is 0 Å². The Balaban J connectivity index is 2.02. The Bertz CT molecular complexity index is 990. The molecular formula is C21H16ClIN2O. The molecule has 3 aromatic rings. The highest BCUT2D eigenvalue weighted by Crippen LogP contribution is 2.28. The molecule has 0 radical (unpaired) electrons. The van der Waals surface area contributed by atoms with E-state index in [0.717, 1.165) is 22.4 Å². The zero-order chi connectivity index (χ0) is 18.5. The first kappa shape index (κ1) is 18.6. The fourth-order valence-electron chi connectivity index (χ4n) is 2.63. The van der Waals surface area contributed by atoms with E-state index in [0.29, 0.717) is 10.6 Å². The summed E-state index contributed by atoms with van der Waals surface area (Å²) in [7, 11) is 0. The van der Waals surface area contributed by atoms with Crippen molar-refractivity contribution in [2.24, 2.45) is 0 Å². The van der Waals surface area contributed by atoms with E-state index in [1.54, 1.807) is 36.7 Å². The summed E-state index contributed by atoms with van der Waals surface area (Å²) in [6.45, 7) is 2.03. The molecule has 0 aliphatic heterocycles. The van der Waals surface area contributed by atoms with E-state index in [2.05, 4.69) is 27.8 Å². The largest absolute Gasteiger partial charge is 0.289 e. The lowest BCUT2D eigenvalue weighted by Gasteiger charge is -2.09. The predicted octanol–water partition coefficient (Wildman–Crippen LogP) is 6.10. The van der Waals surface area contributed by atoms with Crippen LogP contribution in [-0.4, -0.2) is 13.5 Å². The molecule has 0 bridgehead atoms. The number of benzene rings is 2. The third kappa shape index (κ3) is 4.31. The summed E-state index contributed by atoms with van der Waals surface area (Å²) in [5.74, 6) is -0.0864. The van der Waals surface area contributed by atoms with Gasteiger partial charge in [0.05, 0.1) is 34.8 Å². The molecule has 0 saturated carbocycles. The summed E-state index contributed by atoms with van der Waals surface area (Å²) in [6.07, 6.45) is 7.02. The molecule has 0 fully saturated rings. The van der Waals surface area contributed by atoms with Crippen LogP contribution in [0.3, 0.4) is 0 Å². The molecule has 26 heavy (non-hydrogen) atoms. The van der Waals surface area contributed by atoms with Gasteiger partial charge in [0.1, 0.15) is 6.33 Å². The molecule has 0 atom stereocenters. The van der Waals surface area contributed by atoms with Crippen molar-refractivity contribution in [3.05, 3.63) is 101 Å². The first-order valence-corrected chi connectivity index (χ1v) is 9.33. The van der Waals surface area contributed by atoms with E-state index in [1.165, 1.54) is 0 Å². The highest BCUT2D eigenvalue weighted by atomic mass is 127. The molecule has 0 saturated heterocycles. The van der Waals surface area contributed by atoms with Gasteiger partial charge in [-0.3, -0.25) is 7.58 Å². The van der Waals surface area contributed by atoms with E-state index in [1.807, 2.05) is 52.3 Å². The van der Waals surface area contributed by atoms with Crippen LogP contribution in [0.4, 0.5) is 0 Å². The normalized spacial score (nSPS) is 12.3. The van der Waals surface area contributed by atoms with Crippen molar-refractivity contribution in [1.29, 1.82) is 0 Å². The number of allylic oxidation sites excluding steroid dienone is 4. The first-order valence-electron chi connectivity index (χ1n) is 7.99. The SMILES string of the molecule is C/C(=C(/C=C/C(=O)c1cccc(Cl)c1)c1ccccc1)c1cncn1I. The van der Waals surface area contributed by atoms with E-state index < -0.39 is 0 Å². The third-order valence-electron chi connectivity index (χ3n) is 3.98. The van der Waals surface area contributed by atoms with Gasteiger partial charge in [-0.25, -0.2) is 4.98 Å². The van der Waals surface area contributed by atoms with Crippen molar-refractivity contribution >= 4 is 51.4 Å². The standard InChI is InChI=1S/C21H16ClIN2O/c1-15(20-13-24-14-25(20)23)19(16-6-3-2-4-7-16)10-11-21(26)17-8-5-9-18(22)12-17/h2-14H,1H3/b11-10+,19-15+. The fraction of sp³-hybridized carbons (Fsp3) is 0.0476. The van der Waals surface area contributed by atoms with E-state index >= 15 is 0 Å². The Morgan fingerprint density at radius 3 is 2.46 bits per heavy atom. The van der Waals surface area contributed by atoms with Crippen LogP contribution >= 0.6 is 34.5 Å². The fourth-order valence-corrected chi connectivity index (χ4v) is 3.45. The van der Waals surface area contributed by atoms with E-state index in [9.17, 15) is 4.79 Å². The van der Waals surface area contributed by atoms with Gasteiger partial charge in [0.2, 0.25) is 0 Å². The Morgan fingerprint density at radius 2 is 1.81 bits per heavy atom. The quantitative estimate of drug-likeness (QED) is 0.194. The van der Waals surface area contributed by atoms with Gasteiger partial charge in [0.25, 0.3) is 0 Å². The van der Waals surface area contributed by atoms with Crippen molar-refractivity contribution in [3.8, 4) is 0 Å². The highest BCUT2D eigenvalue weighted by molar-refractivity contribution is 14.1. The Morgan fingerprint density at radius 1 is 1.08 bits per heavy atom. The topological polar surface area (TPSA) is 34.9 Å². The second-order valence-electron chi connectivity index (χ2n) is 5.70. The lowest BCUT2D eigenvalue weighted by molar-refractivity contribution is 0.104. The lowest BCUT2D eigenvalue weighted by Crippen LogP contribution is -1.95. The molecule has 0 aliphatic carbocycles. The smallest absolute Gasteiger partial charge is 0.185 e. The molecule has 1 aromatic heterocycles. The molecule has 5 heteroatoms. The van der Waals surface area contributed by atoms with Gasteiger partial charge >= 0.3 is 0 Å². The van der Waals surface area contributed by atoms with Gasteiger partial charge in [-0.1, -0.05) is 60.1 Å². The molecule has 130 valence electrons. The summed E-state index contributed by atoms with van der Waals surface area (Å²) < 4.78 is 1.93. The Kier molecular flexibility index (Phi) is 6.06. The molecule has 0 N–H and O–H groups in total. The maximum absolute atomic E-state index is 12.5. The number of halogens is 2. The van der Waals surface area contributed by atoms with Crippen molar-refractivity contribution in [1.82, 2.24) is 7.76 Å². The van der Waals surface area contributed by atoms with Gasteiger partial charge < -0.3 is 0 Å². The summed E-state index contributed by atoms with van der Waals surface area (Å²) in [4.78, 5) is 16.7. The Hall–Kier alpha value is -2.18. The maximum atomic E-state index is 12.5. The van der Waals surface area contributed by atoms with Crippen LogP contribution in [0, 0.1) is 0 Å². The summed E-state index contributed by atoms with van der Waals surface area (Å²) in [6, 6.07) is 17.0. The molecule has 0 aliphatic rings. The molecule has 3 rings (SSSR count). The number of imidazole rings is 1. The minimum atomic E-state index is -0.0864. The Labute approximate surface area is 171 Å². The summed E-state index contributed by atoms with van der Waals surface area (Å²) >= 11 is 8.18. The van der Waals surface area contributed by atoms with E-state index in [-0.39, 0.29) is 5.78 Å². The van der Waals surface area contributed by atoms with Crippen molar-refractivity contribution in [2.45, 2.75) is 6.92 Å². The summed E-state index contributed by atoms with van der Waals surface area (Å²) in [5, 5.41) is 0.549. The molecular weight excluding hydrogens is 459 g/mol. The number of carbonyl (C=O) groups excluding carboxylic acids is 1. The number of aromatic nitrogens is 2. The van der Waals surface area contributed by atoms with Crippen LogP contribution in [-0.2, 0) is 0 Å².